The van der Waals surface area contributed by atoms with Crippen LogP contribution in [0.1, 0.15) is 57.6 Å². The van der Waals surface area contributed by atoms with Crippen LogP contribution in [0.5, 0.6) is 0 Å². The van der Waals surface area contributed by atoms with Gasteiger partial charge in [-0.15, -0.1) is 0 Å². The summed E-state index contributed by atoms with van der Waals surface area (Å²) in [5.41, 5.74) is 4.33. The van der Waals surface area contributed by atoms with Crippen LogP contribution >= 0.6 is 0 Å². The maximum absolute atomic E-state index is 12.6. The lowest BCUT2D eigenvalue weighted by atomic mass is 9.87. The molecule has 0 fully saturated rings. The third kappa shape index (κ3) is 6.34. The lowest BCUT2D eigenvalue weighted by molar-refractivity contribution is -0.138. The van der Waals surface area contributed by atoms with Gasteiger partial charge in [0.2, 0.25) is 5.91 Å². The van der Waals surface area contributed by atoms with Crippen LogP contribution in [-0.2, 0) is 14.3 Å². The Morgan fingerprint density at radius 1 is 0.970 bits per heavy atom. The first-order chi connectivity index (χ1) is 15.5. The van der Waals surface area contributed by atoms with E-state index in [-0.39, 0.29) is 24.4 Å². The number of carboxylic acid groups (broad SMARTS) is 1. The highest BCUT2D eigenvalue weighted by molar-refractivity contribution is 5.86. The Bertz CT molecular complexity index is 982. The summed E-state index contributed by atoms with van der Waals surface area (Å²) >= 11 is 0. The number of hydrogen-bond acceptors (Lipinski definition) is 4. The summed E-state index contributed by atoms with van der Waals surface area (Å²) in [5, 5.41) is 14.4. The van der Waals surface area contributed by atoms with Crippen LogP contribution in [0.4, 0.5) is 4.79 Å². The van der Waals surface area contributed by atoms with Gasteiger partial charge < -0.3 is 20.5 Å². The van der Waals surface area contributed by atoms with E-state index in [1.165, 1.54) is 0 Å². The molecule has 0 spiro atoms. The van der Waals surface area contributed by atoms with E-state index in [1.54, 1.807) is 6.92 Å². The second-order valence-corrected chi connectivity index (χ2v) is 9.76. The number of hydrogen-bond donors (Lipinski definition) is 3. The van der Waals surface area contributed by atoms with Crippen molar-refractivity contribution in [2.75, 3.05) is 6.61 Å². The van der Waals surface area contributed by atoms with E-state index in [0.29, 0.717) is 6.42 Å². The number of fused-ring (bicyclic) bond motifs is 3. The molecule has 0 heterocycles. The number of aliphatic carboxylic acids is 1. The molecular weight excluding hydrogens is 420 g/mol. The first-order valence-corrected chi connectivity index (χ1v) is 11.2. The van der Waals surface area contributed by atoms with Crippen LogP contribution in [-0.4, -0.2) is 41.8 Å². The number of rotatable bonds is 8. The van der Waals surface area contributed by atoms with Crippen LogP contribution in [0.3, 0.4) is 0 Å². The summed E-state index contributed by atoms with van der Waals surface area (Å²) in [4.78, 5) is 36.2. The Hall–Kier alpha value is -3.35. The summed E-state index contributed by atoms with van der Waals surface area (Å²) in [6.45, 7) is 7.64. The molecule has 0 saturated carbocycles. The van der Waals surface area contributed by atoms with Crippen molar-refractivity contribution in [1.29, 1.82) is 0 Å². The first kappa shape index (κ1) is 24.3. The van der Waals surface area contributed by atoms with Gasteiger partial charge in [-0.3, -0.25) is 9.59 Å². The molecule has 2 atom stereocenters. The van der Waals surface area contributed by atoms with Crippen LogP contribution in [0.2, 0.25) is 0 Å². The molecule has 1 unspecified atom stereocenters. The number of ether oxygens (including phenoxy) is 1. The normalized spacial score (nSPS) is 14.5. The Morgan fingerprint density at radius 2 is 1.52 bits per heavy atom. The first-order valence-electron chi connectivity index (χ1n) is 11.2. The highest BCUT2D eigenvalue weighted by Gasteiger charge is 2.30. The Morgan fingerprint density at radius 3 is 2.03 bits per heavy atom. The molecule has 7 nitrogen and oxygen atoms in total. The van der Waals surface area contributed by atoms with Gasteiger partial charge in [0, 0.05) is 12.0 Å². The van der Waals surface area contributed by atoms with E-state index in [0.717, 1.165) is 22.3 Å². The molecule has 0 aromatic heterocycles. The monoisotopic (exact) mass is 452 g/mol. The minimum atomic E-state index is -0.985. The summed E-state index contributed by atoms with van der Waals surface area (Å²) in [7, 11) is 0. The molecule has 3 N–H and O–H groups in total. The van der Waals surface area contributed by atoms with Crippen molar-refractivity contribution in [3.05, 3.63) is 59.7 Å². The molecule has 1 aliphatic carbocycles. The van der Waals surface area contributed by atoms with E-state index >= 15 is 0 Å². The number of nitrogens with one attached hydrogen (secondary N) is 2. The summed E-state index contributed by atoms with van der Waals surface area (Å²) in [6, 6.07) is 14.7. The lowest BCUT2D eigenvalue weighted by Crippen LogP contribution is -2.49. The molecule has 0 bridgehead atoms. The van der Waals surface area contributed by atoms with Crippen molar-refractivity contribution >= 4 is 18.0 Å². The molecule has 2 aromatic rings. The zero-order valence-electron chi connectivity index (χ0n) is 19.6. The standard InChI is InChI=1S/C26H32N2O5/c1-16(24(31)28-17(13-23(29)30)14-26(2,3)4)27-25(32)33-15-22-20-11-7-5-9-18(20)19-10-6-8-12-21(19)22/h5-12,16-17,22H,13-15H2,1-4H3,(H,27,32)(H,28,31)(H,29,30)/t16-,17?/m1/s1. The van der Waals surface area contributed by atoms with Gasteiger partial charge in [-0.2, -0.15) is 0 Å². The average molecular weight is 453 g/mol. The van der Waals surface area contributed by atoms with Gasteiger partial charge in [-0.05, 0) is 41.0 Å². The molecular formula is C26H32N2O5. The quantitative estimate of drug-likeness (QED) is 0.554. The van der Waals surface area contributed by atoms with E-state index < -0.39 is 30.1 Å². The van der Waals surface area contributed by atoms with Crippen LogP contribution in [0, 0.1) is 5.41 Å². The Labute approximate surface area is 194 Å². The molecule has 7 heteroatoms. The number of carbonyl (C=O) groups is 3. The molecule has 0 aliphatic heterocycles. The fourth-order valence-electron chi connectivity index (χ4n) is 4.33. The highest BCUT2D eigenvalue weighted by atomic mass is 16.5. The number of amides is 2. The summed E-state index contributed by atoms with van der Waals surface area (Å²) in [6.07, 6.45) is -0.367. The third-order valence-corrected chi connectivity index (χ3v) is 5.70. The van der Waals surface area contributed by atoms with E-state index in [2.05, 4.69) is 22.8 Å². The maximum atomic E-state index is 12.6. The van der Waals surface area contributed by atoms with Crippen molar-refractivity contribution in [1.82, 2.24) is 10.6 Å². The predicted octanol–water partition coefficient (Wildman–Crippen LogP) is 4.31. The largest absolute Gasteiger partial charge is 0.481 e. The highest BCUT2D eigenvalue weighted by Crippen LogP contribution is 2.44. The number of alkyl carbamates (subject to hydrolysis) is 1. The van der Waals surface area contributed by atoms with Gasteiger partial charge in [0.15, 0.2) is 0 Å². The topological polar surface area (TPSA) is 105 Å². The second-order valence-electron chi connectivity index (χ2n) is 9.76. The zero-order chi connectivity index (χ0) is 24.2. The smallest absolute Gasteiger partial charge is 0.407 e. The van der Waals surface area contributed by atoms with Crippen LogP contribution in [0.25, 0.3) is 11.1 Å². The fraction of sp³-hybridized carbons (Fsp3) is 0.423. The Balaban J connectivity index is 1.57. The van der Waals surface area contributed by atoms with E-state index in [4.69, 9.17) is 9.84 Å². The third-order valence-electron chi connectivity index (χ3n) is 5.70. The zero-order valence-corrected chi connectivity index (χ0v) is 19.6. The number of carboxylic acids is 1. The van der Waals surface area contributed by atoms with Crippen molar-refractivity contribution in [3.63, 3.8) is 0 Å². The molecule has 3 rings (SSSR count). The molecule has 33 heavy (non-hydrogen) atoms. The average Bonchev–Trinajstić information content (AvgIpc) is 3.04. The summed E-state index contributed by atoms with van der Waals surface area (Å²) < 4.78 is 5.49. The van der Waals surface area contributed by atoms with Gasteiger partial charge in [0.25, 0.3) is 0 Å². The molecule has 176 valence electrons. The molecule has 0 radical (unpaired) electrons. The van der Waals surface area contributed by atoms with Crippen LogP contribution in [0.15, 0.2) is 48.5 Å². The molecule has 1 aliphatic rings. The van der Waals surface area contributed by atoms with Gasteiger partial charge in [-0.25, -0.2) is 4.79 Å². The summed E-state index contributed by atoms with van der Waals surface area (Å²) in [5.74, 6) is -1.50. The Kier molecular flexibility index (Phi) is 7.41. The van der Waals surface area contributed by atoms with E-state index in [1.807, 2.05) is 57.2 Å². The second kappa shape index (κ2) is 10.1. The maximum Gasteiger partial charge on any atom is 0.407 e. The van der Waals surface area contributed by atoms with Crippen molar-refractivity contribution in [2.45, 2.75) is 58.5 Å². The molecule has 0 saturated heterocycles. The minimum absolute atomic E-state index is 0.0704. The van der Waals surface area contributed by atoms with Crippen molar-refractivity contribution < 1.29 is 24.2 Å². The van der Waals surface area contributed by atoms with Gasteiger partial charge in [0.05, 0.1) is 6.42 Å². The lowest BCUT2D eigenvalue weighted by Gasteiger charge is -2.27. The van der Waals surface area contributed by atoms with Gasteiger partial charge in [-0.1, -0.05) is 69.3 Å². The van der Waals surface area contributed by atoms with Gasteiger partial charge in [0.1, 0.15) is 12.6 Å². The number of benzene rings is 2. The minimum Gasteiger partial charge on any atom is -0.481 e. The van der Waals surface area contributed by atoms with Crippen LogP contribution < -0.4 is 10.6 Å². The molecule has 2 aromatic carbocycles. The number of carbonyl (C=O) groups excluding carboxylic acids is 2. The fourth-order valence-corrected chi connectivity index (χ4v) is 4.33. The van der Waals surface area contributed by atoms with Crippen molar-refractivity contribution in [2.24, 2.45) is 5.41 Å². The van der Waals surface area contributed by atoms with Crippen molar-refractivity contribution in [3.8, 4) is 11.1 Å². The molecule has 2 amide bonds. The van der Waals surface area contributed by atoms with E-state index in [9.17, 15) is 14.4 Å². The predicted molar refractivity (Wildman–Crippen MR) is 126 cm³/mol. The SMILES string of the molecule is C[C@@H](NC(=O)OCC1c2ccccc2-c2ccccc21)C(=O)NC(CC(=O)O)CC(C)(C)C. The van der Waals surface area contributed by atoms with Gasteiger partial charge >= 0.3 is 12.1 Å².